The Balaban J connectivity index is 2.12. The molecule has 0 atom stereocenters. The van der Waals surface area contributed by atoms with Crippen molar-refractivity contribution in [3.63, 3.8) is 0 Å². The molecule has 2 aromatic rings. The maximum atomic E-state index is 11.9. The highest BCUT2D eigenvalue weighted by atomic mass is 19.4. The molecule has 0 radical (unpaired) electrons. The number of halogens is 3. The van der Waals surface area contributed by atoms with Gasteiger partial charge in [-0.05, 0) is 30.1 Å². The van der Waals surface area contributed by atoms with E-state index in [0.29, 0.717) is 0 Å². The van der Waals surface area contributed by atoms with Gasteiger partial charge in [0.25, 0.3) is 0 Å². The van der Waals surface area contributed by atoms with Gasteiger partial charge < -0.3 is 9.88 Å². The lowest BCUT2D eigenvalue weighted by molar-refractivity contribution is -0.325. The molecule has 1 N–H and O–H groups in total. The first-order chi connectivity index (χ1) is 8.99. The van der Waals surface area contributed by atoms with Crippen molar-refractivity contribution >= 4 is 10.9 Å². The summed E-state index contributed by atoms with van der Waals surface area (Å²) in [6.07, 6.45) is -2.80. The van der Waals surface area contributed by atoms with Crippen LogP contribution in [0.15, 0.2) is 30.5 Å². The summed E-state index contributed by atoms with van der Waals surface area (Å²) < 4.78 is 41.3. The molecule has 0 saturated heterocycles. The van der Waals surface area contributed by atoms with Crippen LogP contribution in [0, 0.1) is 0 Å². The Labute approximate surface area is 109 Å². The molecule has 104 valence electrons. The van der Waals surface area contributed by atoms with Gasteiger partial charge >= 0.3 is 6.36 Å². The number of alkyl halides is 3. The molecule has 6 heteroatoms. The van der Waals surface area contributed by atoms with Gasteiger partial charge in [-0.25, -0.2) is 0 Å². The summed E-state index contributed by atoms with van der Waals surface area (Å²) in [5.74, 6) is 0. The van der Waals surface area contributed by atoms with Gasteiger partial charge in [0.05, 0.1) is 6.61 Å². The van der Waals surface area contributed by atoms with Gasteiger partial charge in [-0.15, -0.1) is 13.2 Å². The van der Waals surface area contributed by atoms with Gasteiger partial charge in [-0.2, -0.15) is 0 Å². The number of fused-ring (bicyclic) bond motifs is 1. The first-order valence-corrected chi connectivity index (χ1v) is 5.92. The fraction of sp³-hybridized carbons (Fsp3) is 0.385. The van der Waals surface area contributed by atoms with E-state index >= 15 is 0 Å². The molecule has 0 spiro atoms. The Morgan fingerprint density at radius 3 is 2.74 bits per heavy atom. The number of ether oxygens (including phenoxy) is 1. The van der Waals surface area contributed by atoms with Gasteiger partial charge in [-0.3, -0.25) is 4.74 Å². The lowest BCUT2D eigenvalue weighted by Gasteiger charge is -2.09. The van der Waals surface area contributed by atoms with Crippen LogP contribution in [-0.2, 0) is 17.8 Å². The minimum Gasteiger partial charge on any atom is -0.345 e. The molecule has 0 saturated carbocycles. The minimum atomic E-state index is -4.57. The number of nitrogens with one attached hydrogen (secondary N) is 1. The molecule has 19 heavy (non-hydrogen) atoms. The fourth-order valence-corrected chi connectivity index (χ4v) is 2.00. The third-order valence-corrected chi connectivity index (χ3v) is 2.82. The molecule has 3 nitrogen and oxygen atoms in total. The van der Waals surface area contributed by atoms with Gasteiger partial charge in [0.2, 0.25) is 0 Å². The molecule has 0 aliphatic carbocycles. The molecule has 1 aromatic heterocycles. The normalized spacial score (nSPS) is 12.2. The Bertz CT molecular complexity index is 548. The predicted molar refractivity (Wildman–Crippen MR) is 66.7 cm³/mol. The Kier molecular flexibility index (Phi) is 4.11. The van der Waals surface area contributed by atoms with Gasteiger partial charge in [0.1, 0.15) is 0 Å². The zero-order valence-electron chi connectivity index (χ0n) is 10.5. The second-order valence-electron chi connectivity index (χ2n) is 4.23. The average Bonchev–Trinajstić information content (AvgIpc) is 2.71. The summed E-state index contributed by atoms with van der Waals surface area (Å²) in [7, 11) is 1.85. The second-order valence-corrected chi connectivity index (χ2v) is 4.23. The smallest absolute Gasteiger partial charge is 0.345 e. The molecule has 0 amide bonds. The fourth-order valence-electron chi connectivity index (χ4n) is 2.00. The molecule has 0 fully saturated rings. The molecular weight excluding hydrogens is 257 g/mol. The largest absolute Gasteiger partial charge is 0.522 e. The minimum absolute atomic E-state index is 0.173. The van der Waals surface area contributed by atoms with Gasteiger partial charge in [0, 0.05) is 24.8 Å². The van der Waals surface area contributed by atoms with Crippen molar-refractivity contribution in [2.75, 3.05) is 13.7 Å². The molecule has 2 rings (SSSR count). The Morgan fingerprint density at radius 1 is 1.26 bits per heavy atom. The van der Waals surface area contributed by atoms with E-state index in [2.05, 4.69) is 10.1 Å². The van der Waals surface area contributed by atoms with Crippen LogP contribution in [0.2, 0.25) is 0 Å². The SMILES string of the molecule is CNCc1ccc2ccn(CCOC(F)(F)F)c2c1. The zero-order valence-corrected chi connectivity index (χ0v) is 10.5. The van der Waals surface area contributed by atoms with E-state index < -0.39 is 6.36 Å². The van der Waals surface area contributed by atoms with E-state index in [1.807, 2.05) is 31.3 Å². The van der Waals surface area contributed by atoms with Crippen molar-refractivity contribution in [1.29, 1.82) is 0 Å². The number of nitrogens with zero attached hydrogens (tertiary/aromatic N) is 1. The van der Waals surface area contributed by atoms with E-state index in [4.69, 9.17) is 0 Å². The van der Waals surface area contributed by atoms with Crippen molar-refractivity contribution in [3.8, 4) is 0 Å². The van der Waals surface area contributed by atoms with Crippen LogP contribution >= 0.6 is 0 Å². The zero-order chi connectivity index (χ0) is 13.9. The van der Waals surface area contributed by atoms with Gasteiger partial charge in [-0.1, -0.05) is 12.1 Å². The molecule has 0 unspecified atom stereocenters. The van der Waals surface area contributed by atoms with E-state index in [1.54, 1.807) is 10.8 Å². The highest BCUT2D eigenvalue weighted by molar-refractivity contribution is 5.80. The van der Waals surface area contributed by atoms with E-state index in [9.17, 15) is 13.2 Å². The number of hydrogen-bond donors (Lipinski definition) is 1. The average molecular weight is 272 g/mol. The van der Waals surface area contributed by atoms with Crippen LogP contribution in [0.3, 0.4) is 0 Å². The van der Waals surface area contributed by atoms with Crippen LogP contribution in [0.25, 0.3) is 10.9 Å². The van der Waals surface area contributed by atoms with Crippen LogP contribution in [-0.4, -0.2) is 24.6 Å². The van der Waals surface area contributed by atoms with Gasteiger partial charge in [0.15, 0.2) is 0 Å². The molecule has 0 bridgehead atoms. The number of benzene rings is 1. The van der Waals surface area contributed by atoms with E-state index in [0.717, 1.165) is 23.0 Å². The first kappa shape index (κ1) is 13.9. The third kappa shape index (κ3) is 3.71. The van der Waals surface area contributed by atoms with Crippen LogP contribution in [0.4, 0.5) is 13.2 Å². The predicted octanol–water partition coefficient (Wildman–Crippen LogP) is 2.90. The Hall–Kier alpha value is -1.53. The maximum Gasteiger partial charge on any atom is 0.522 e. The summed E-state index contributed by atoms with van der Waals surface area (Å²) >= 11 is 0. The van der Waals surface area contributed by atoms with Crippen molar-refractivity contribution < 1.29 is 17.9 Å². The Morgan fingerprint density at radius 2 is 2.05 bits per heavy atom. The standard InChI is InChI=1S/C13H15F3N2O/c1-17-9-10-2-3-11-4-5-18(12(11)8-10)6-7-19-13(14,15)16/h2-5,8,17H,6-7,9H2,1H3. The number of aromatic nitrogens is 1. The monoisotopic (exact) mass is 272 g/mol. The molecule has 0 aliphatic rings. The lowest BCUT2D eigenvalue weighted by Crippen LogP contribution is -2.17. The molecular formula is C13H15F3N2O. The molecule has 1 heterocycles. The lowest BCUT2D eigenvalue weighted by atomic mass is 10.1. The summed E-state index contributed by atoms with van der Waals surface area (Å²) in [5.41, 5.74) is 2.00. The van der Waals surface area contributed by atoms with Crippen molar-refractivity contribution in [2.45, 2.75) is 19.5 Å². The van der Waals surface area contributed by atoms with Crippen LogP contribution in [0.5, 0.6) is 0 Å². The van der Waals surface area contributed by atoms with Crippen LogP contribution in [0.1, 0.15) is 5.56 Å². The third-order valence-electron chi connectivity index (χ3n) is 2.82. The van der Waals surface area contributed by atoms with Crippen molar-refractivity contribution in [1.82, 2.24) is 9.88 Å². The second kappa shape index (κ2) is 5.63. The van der Waals surface area contributed by atoms with Crippen LogP contribution < -0.4 is 5.32 Å². The van der Waals surface area contributed by atoms with Crippen molar-refractivity contribution in [2.24, 2.45) is 0 Å². The van der Waals surface area contributed by atoms with E-state index in [-0.39, 0.29) is 13.2 Å². The van der Waals surface area contributed by atoms with Crippen molar-refractivity contribution in [3.05, 3.63) is 36.0 Å². The highest BCUT2D eigenvalue weighted by Crippen LogP contribution is 2.19. The summed E-state index contributed by atoms with van der Waals surface area (Å²) in [6.45, 7) is 0.510. The first-order valence-electron chi connectivity index (χ1n) is 5.92. The summed E-state index contributed by atoms with van der Waals surface area (Å²) in [5, 5.41) is 4.05. The number of rotatable bonds is 5. The topological polar surface area (TPSA) is 26.2 Å². The summed E-state index contributed by atoms with van der Waals surface area (Å²) in [6, 6.07) is 7.81. The maximum absolute atomic E-state index is 11.9. The van der Waals surface area contributed by atoms with E-state index in [1.165, 1.54) is 0 Å². The number of hydrogen-bond acceptors (Lipinski definition) is 2. The molecule has 0 aliphatic heterocycles. The highest BCUT2D eigenvalue weighted by Gasteiger charge is 2.28. The summed E-state index contributed by atoms with van der Waals surface area (Å²) in [4.78, 5) is 0. The molecule has 1 aromatic carbocycles. The quantitative estimate of drug-likeness (QED) is 0.905.